The van der Waals surface area contributed by atoms with Gasteiger partial charge in [0.2, 0.25) is 5.91 Å². The Bertz CT molecular complexity index is 752. The van der Waals surface area contributed by atoms with Crippen molar-refractivity contribution in [2.45, 2.75) is 58.0 Å². The molecule has 0 aliphatic rings. The molecule has 5 nitrogen and oxygen atoms in total. The van der Waals surface area contributed by atoms with Crippen molar-refractivity contribution < 1.29 is 14.3 Å². The van der Waals surface area contributed by atoms with Crippen LogP contribution in [0.4, 0.5) is 0 Å². The number of carbonyl (C=O) groups excluding carboxylic acids is 2. The minimum Gasteiger partial charge on any atom is -0.469 e. The number of aromatic nitrogens is 1. The van der Waals surface area contributed by atoms with E-state index >= 15 is 0 Å². The fourth-order valence-corrected chi connectivity index (χ4v) is 3.77. The molecule has 0 saturated carbocycles. The van der Waals surface area contributed by atoms with Crippen molar-refractivity contribution in [1.29, 1.82) is 0 Å². The van der Waals surface area contributed by atoms with Gasteiger partial charge in [-0.1, -0.05) is 30.3 Å². The van der Waals surface area contributed by atoms with Crippen LogP contribution in [-0.4, -0.2) is 41.0 Å². The van der Waals surface area contributed by atoms with Crippen LogP contribution >= 0.6 is 0 Å². The molecule has 2 rings (SSSR count). The Morgan fingerprint density at radius 3 is 2.00 bits per heavy atom. The van der Waals surface area contributed by atoms with Crippen LogP contribution in [0, 0.1) is 0 Å². The zero-order valence-corrected chi connectivity index (χ0v) is 17.3. The lowest BCUT2D eigenvalue weighted by Gasteiger charge is -2.37. The van der Waals surface area contributed by atoms with Gasteiger partial charge in [0.1, 0.15) is 0 Å². The van der Waals surface area contributed by atoms with Crippen LogP contribution < -0.4 is 0 Å². The first-order valence-corrected chi connectivity index (χ1v) is 9.70. The van der Waals surface area contributed by atoms with E-state index in [1.165, 1.54) is 7.11 Å². The summed E-state index contributed by atoms with van der Waals surface area (Å²) < 4.78 is 4.94. The number of pyridine rings is 1. The topological polar surface area (TPSA) is 59.5 Å². The van der Waals surface area contributed by atoms with E-state index in [4.69, 9.17) is 4.74 Å². The molecule has 0 bridgehead atoms. The van der Waals surface area contributed by atoms with Gasteiger partial charge < -0.3 is 9.64 Å². The summed E-state index contributed by atoms with van der Waals surface area (Å²) in [6, 6.07) is 13.5. The number of benzene rings is 1. The maximum Gasteiger partial charge on any atom is 0.306 e. The molecular weight excluding hydrogens is 352 g/mol. The van der Waals surface area contributed by atoms with Gasteiger partial charge in [-0.3, -0.25) is 14.6 Å². The third-order valence-electron chi connectivity index (χ3n) is 4.94. The second-order valence-corrected chi connectivity index (χ2v) is 7.49. The first-order valence-electron chi connectivity index (χ1n) is 9.70. The smallest absolute Gasteiger partial charge is 0.306 e. The predicted octanol–water partition coefficient (Wildman–Crippen LogP) is 4.16. The van der Waals surface area contributed by atoms with Gasteiger partial charge in [-0.05, 0) is 51.0 Å². The van der Waals surface area contributed by atoms with Crippen LogP contribution in [0.3, 0.4) is 0 Å². The maximum atomic E-state index is 13.8. The zero-order valence-electron chi connectivity index (χ0n) is 17.3. The van der Waals surface area contributed by atoms with Crippen LogP contribution in [0.2, 0.25) is 0 Å². The molecule has 28 heavy (non-hydrogen) atoms. The van der Waals surface area contributed by atoms with Crippen LogP contribution in [0.5, 0.6) is 0 Å². The third-order valence-corrected chi connectivity index (χ3v) is 4.94. The molecule has 0 spiro atoms. The number of carbonyl (C=O) groups is 2. The number of hydrogen-bond donors (Lipinski definition) is 0. The van der Waals surface area contributed by atoms with E-state index in [-0.39, 0.29) is 36.3 Å². The van der Waals surface area contributed by atoms with Crippen molar-refractivity contribution in [2.75, 3.05) is 7.11 Å². The number of methoxy groups -OCH3 is 1. The average Bonchev–Trinajstić information content (AvgIpc) is 2.68. The van der Waals surface area contributed by atoms with E-state index in [0.29, 0.717) is 0 Å². The van der Waals surface area contributed by atoms with Crippen molar-refractivity contribution >= 4 is 11.9 Å². The summed E-state index contributed by atoms with van der Waals surface area (Å²) in [6.07, 6.45) is 3.50. The van der Waals surface area contributed by atoms with Crippen LogP contribution in [0.25, 0.3) is 0 Å². The standard InChI is InChI=1S/C23H30N2O3/c1-16(2)25(17(3)4)23(27)22(19-9-7-6-8-10-19)20(15-21(26)28-5)18-11-13-24-14-12-18/h6-14,16-17,20,22H,15H2,1-5H3. The molecule has 5 heteroatoms. The molecule has 2 atom stereocenters. The van der Waals surface area contributed by atoms with Gasteiger partial charge in [0, 0.05) is 30.4 Å². The number of nitrogens with zero attached hydrogens (tertiary/aromatic N) is 2. The second kappa shape index (κ2) is 10.0. The lowest BCUT2D eigenvalue weighted by molar-refractivity contribution is -0.142. The minimum absolute atomic E-state index is 0.0157. The van der Waals surface area contributed by atoms with E-state index < -0.39 is 5.92 Å². The van der Waals surface area contributed by atoms with Gasteiger partial charge in [0.25, 0.3) is 0 Å². The van der Waals surface area contributed by atoms with Gasteiger partial charge >= 0.3 is 5.97 Å². The number of esters is 1. The van der Waals surface area contributed by atoms with Crippen LogP contribution in [-0.2, 0) is 14.3 Å². The SMILES string of the molecule is COC(=O)CC(c1ccncc1)C(C(=O)N(C(C)C)C(C)C)c1ccccc1. The molecule has 1 heterocycles. The van der Waals surface area contributed by atoms with Gasteiger partial charge in [-0.2, -0.15) is 0 Å². The molecule has 0 aliphatic carbocycles. The molecule has 1 amide bonds. The highest BCUT2D eigenvalue weighted by Crippen LogP contribution is 2.38. The number of rotatable bonds is 8. The molecule has 2 unspecified atom stereocenters. The van der Waals surface area contributed by atoms with Crippen molar-refractivity contribution in [1.82, 2.24) is 9.88 Å². The molecule has 150 valence electrons. The first-order chi connectivity index (χ1) is 13.4. The van der Waals surface area contributed by atoms with Gasteiger partial charge in [0.15, 0.2) is 0 Å². The maximum absolute atomic E-state index is 13.8. The Kier molecular flexibility index (Phi) is 7.73. The summed E-state index contributed by atoms with van der Waals surface area (Å²) in [7, 11) is 1.37. The zero-order chi connectivity index (χ0) is 20.7. The number of hydrogen-bond acceptors (Lipinski definition) is 4. The van der Waals surface area contributed by atoms with E-state index in [1.54, 1.807) is 12.4 Å². The highest BCUT2D eigenvalue weighted by atomic mass is 16.5. The molecule has 0 fully saturated rings. The van der Waals surface area contributed by atoms with Crippen molar-refractivity contribution in [3.05, 3.63) is 66.0 Å². The van der Waals surface area contributed by atoms with E-state index in [9.17, 15) is 9.59 Å². The predicted molar refractivity (Wildman–Crippen MR) is 110 cm³/mol. The van der Waals surface area contributed by atoms with Gasteiger partial charge in [-0.15, -0.1) is 0 Å². The monoisotopic (exact) mass is 382 g/mol. The van der Waals surface area contributed by atoms with Crippen LogP contribution in [0.15, 0.2) is 54.9 Å². The van der Waals surface area contributed by atoms with Gasteiger partial charge in [-0.25, -0.2) is 0 Å². The number of amides is 1. The second-order valence-electron chi connectivity index (χ2n) is 7.49. The fourth-order valence-electron chi connectivity index (χ4n) is 3.77. The minimum atomic E-state index is -0.493. The summed E-state index contributed by atoms with van der Waals surface area (Å²) in [5, 5.41) is 0. The Morgan fingerprint density at radius 2 is 1.50 bits per heavy atom. The summed E-state index contributed by atoms with van der Waals surface area (Å²) in [4.78, 5) is 32.0. The van der Waals surface area contributed by atoms with E-state index in [1.807, 2.05) is 75.1 Å². The molecule has 1 aromatic carbocycles. The molecular formula is C23H30N2O3. The lowest BCUT2D eigenvalue weighted by Crippen LogP contribution is -2.46. The summed E-state index contributed by atoms with van der Waals surface area (Å²) in [5.41, 5.74) is 1.79. The Balaban J connectivity index is 2.59. The molecule has 0 saturated heterocycles. The normalized spacial score (nSPS) is 13.2. The quantitative estimate of drug-likeness (QED) is 0.643. The Morgan fingerprint density at radius 1 is 0.929 bits per heavy atom. The van der Waals surface area contributed by atoms with E-state index in [0.717, 1.165) is 11.1 Å². The third kappa shape index (κ3) is 5.18. The summed E-state index contributed by atoms with van der Waals surface area (Å²) >= 11 is 0. The largest absolute Gasteiger partial charge is 0.469 e. The van der Waals surface area contributed by atoms with Crippen molar-refractivity contribution in [3.63, 3.8) is 0 Å². The first kappa shape index (κ1) is 21.6. The molecule has 1 aromatic heterocycles. The average molecular weight is 383 g/mol. The van der Waals surface area contributed by atoms with Crippen molar-refractivity contribution in [2.24, 2.45) is 0 Å². The molecule has 0 aliphatic heterocycles. The fraction of sp³-hybridized carbons (Fsp3) is 0.435. The molecule has 2 aromatic rings. The van der Waals surface area contributed by atoms with E-state index in [2.05, 4.69) is 4.98 Å². The van der Waals surface area contributed by atoms with Crippen molar-refractivity contribution in [3.8, 4) is 0 Å². The molecule has 0 radical (unpaired) electrons. The highest BCUT2D eigenvalue weighted by molar-refractivity contribution is 5.86. The highest BCUT2D eigenvalue weighted by Gasteiger charge is 2.37. The summed E-state index contributed by atoms with van der Waals surface area (Å²) in [6.45, 7) is 8.06. The summed E-state index contributed by atoms with van der Waals surface area (Å²) in [5.74, 6) is -1.16. The Labute approximate surface area is 167 Å². The molecule has 0 N–H and O–H groups in total. The Hall–Kier alpha value is -2.69. The lowest BCUT2D eigenvalue weighted by atomic mass is 9.78. The van der Waals surface area contributed by atoms with Crippen LogP contribution in [0.1, 0.15) is 57.1 Å². The van der Waals surface area contributed by atoms with Gasteiger partial charge in [0.05, 0.1) is 19.4 Å². The number of ether oxygens (including phenoxy) is 1.